The summed E-state index contributed by atoms with van der Waals surface area (Å²) >= 11 is 0. The number of anilines is 1. The van der Waals surface area contributed by atoms with Crippen LogP contribution in [0, 0.1) is 13.8 Å². The van der Waals surface area contributed by atoms with Gasteiger partial charge in [0.1, 0.15) is 0 Å². The molecule has 148 valence electrons. The first-order valence-electron chi connectivity index (χ1n) is 9.33. The fraction of sp³-hybridized carbons (Fsp3) is 0.500. The number of aryl methyl sites for hydroxylation is 2. The number of aromatic nitrogens is 2. The van der Waals surface area contributed by atoms with Crippen LogP contribution in [0.4, 0.5) is 5.69 Å². The van der Waals surface area contributed by atoms with E-state index < -0.39 is 0 Å². The van der Waals surface area contributed by atoms with Crippen LogP contribution >= 0.6 is 24.0 Å². The molecule has 1 aliphatic heterocycles. The number of guanidine groups is 1. The van der Waals surface area contributed by atoms with E-state index in [9.17, 15) is 0 Å². The Bertz CT molecular complexity index is 762. The SMILES string of the molecule is CN=C(NCCc1cnn(C)c1)N1CCN(c2cccc(C)c2C)CC1.I. The van der Waals surface area contributed by atoms with Crippen LogP contribution in [0.2, 0.25) is 0 Å². The smallest absolute Gasteiger partial charge is 0.193 e. The number of rotatable bonds is 4. The normalized spacial score (nSPS) is 14.9. The van der Waals surface area contributed by atoms with Crippen LogP contribution in [0.3, 0.4) is 0 Å². The van der Waals surface area contributed by atoms with Gasteiger partial charge < -0.3 is 15.1 Å². The fourth-order valence-electron chi connectivity index (χ4n) is 3.49. The largest absolute Gasteiger partial charge is 0.368 e. The molecule has 1 fully saturated rings. The molecule has 1 N–H and O–H groups in total. The number of hydrogen-bond donors (Lipinski definition) is 1. The van der Waals surface area contributed by atoms with E-state index in [0.29, 0.717) is 0 Å². The van der Waals surface area contributed by atoms with Gasteiger partial charge in [0.2, 0.25) is 0 Å². The van der Waals surface area contributed by atoms with Crippen molar-refractivity contribution in [2.45, 2.75) is 20.3 Å². The van der Waals surface area contributed by atoms with Crippen molar-refractivity contribution in [3.05, 3.63) is 47.3 Å². The third-order valence-electron chi connectivity index (χ3n) is 5.16. The molecule has 1 aromatic heterocycles. The maximum absolute atomic E-state index is 4.47. The lowest BCUT2D eigenvalue weighted by Gasteiger charge is -2.38. The minimum atomic E-state index is 0. The first-order valence-corrected chi connectivity index (χ1v) is 9.33. The molecule has 0 amide bonds. The third-order valence-corrected chi connectivity index (χ3v) is 5.16. The Labute approximate surface area is 179 Å². The first kappa shape index (κ1) is 21.5. The van der Waals surface area contributed by atoms with Crippen molar-refractivity contribution in [2.75, 3.05) is 44.7 Å². The molecule has 0 spiro atoms. The molecule has 1 saturated heterocycles. The predicted octanol–water partition coefficient (Wildman–Crippen LogP) is 2.60. The summed E-state index contributed by atoms with van der Waals surface area (Å²) in [5.74, 6) is 0.995. The Morgan fingerprint density at radius 3 is 2.56 bits per heavy atom. The highest BCUT2D eigenvalue weighted by Crippen LogP contribution is 2.23. The zero-order valence-corrected chi connectivity index (χ0v) is 19.1. The van der Waals surface area contributed by atoms with Crippen molar-refractivity contribution in [1.82, 2.24) is 20.0 Å². The molecular formula is C20H31IN6. The van der Waals surface area contributed by atoms with Crippen molar-refractivity contribution < 1.29 is 0 Å². The van der Waals surface area contributed by atoms with Crippen molar-refractivity contribution in [3.63, 3.8) is 0 Å². The van der Waals surface area contributed by atoms with Crippen LogP contribution in [0.15, 0.2) is 35.6 Å². The Morgan fingerprint density at radius 2 is 1.93 bits per heavy atom. The second kappa shape index (κ2) is 9.96. The molecule has 6 nitrogen and oxygen atoms in total. The van der Waals surface area contributed by atoms with E-state index >= 15 is 0 Å². The number of nitrogens with one attached hydrogen (secondary N) is 1. The summed E-state index contributed by atoms with van der Waals surface area (Å²) in [4.78, 5) is 9.31. The van der Waals surface area contributed by atoms with Crippen LogP contribution in [-0.2, 0) is 13.5 Å². The van der Waals surface area contributed by atoms with Crippen molar-refractivity contribution >= 4 is 35.6 Å². The number of hydrogen-bond acceptors (Lipinski definition) is 3. The molecule has 0 aliphatic carbocycles. The Morgan fingerprint density at radius 1 is 1.19 bits per heavy atom. The lowest BCUT2D eigenvalue weighted by Crippen LogP contribution is -2.53. The van der Waals surface area contributed by atoms with Crippen LogP contribution in [0.5, 0.6) is 0 Å². The van der Waals surface area contributed by atoms with E-state index in [4.69, 9.17) is 0 Å². The highest BCUT2D eigenvalue weighted by molar-refractivity contribution is 14.0. The molecule has 0 unspecified atom stereocenters. The summed E-state index contributed by atoms with van der Waals surface area (Å²) in [5, 5.41) is 7.71. The maximum atomic E-state index is 4.47. The van der Waals surface area contributed by atoms with E-state index in [2.05, 4.69) is 63.5 Å². The third kappa shape index (κ3) is 5.37. The van der Waals surface area contributed by atoms with Gasteiger partial charge in [0.15, 0.2) is 5.96 Å². The summed E-state index contributed by atoms with van der Waals surface area (Å²) in [5.41, 5.74) is 5.36. The molecule has 2 heterocycles. The van der Waals surface area contributed by atoms with Crippen molar-refractivity contribution in [1.29, 1.82) is 0 Å². The second-order valence-corrected chi connectivity index (χ2v) is 6.94. The average Bonchev–Trinajstić information content (AvgIpc) is 3.07. The zero-order valence-electron chi connectivity index (χ0n) is 16.8. The van der Waals surface area contributed by atoms with E-state index in [-0.39, 0.29) is 24.0 Å². The van der Waals surface area contributed by atoms with Crippen LogP contribution < -0.4 is 10.2 Å². The summed E-state index contributed by atoms with van der Waals surface area (Å²) in [7, 11) is 3.81. The molecule has 7 heteroatoms. The maximum Gasteiger partial charge on any atom is 0.193 e. The zero-order chi connectivity index (χ0) is 18.5. The van der Waals surface area contributed by atoms with E-state index in [1.54, 1.807) is 0 Å². The molecule has 3 rings (SSSR count). The van der Waals surface area contributed by atoms with Gasteiger partial charge in [-0.15, -0.1) is 24.0 Å². The number of benzene rings is 1. The minimum absolute atomic E-state index is 0. The van der Waals surface area contributed by atoms with Crippen molar-refractivity contribution in [3.8, 4) is 0 Å². The van der Waals surface area contributed by atoms with E-state index in [0.717, 1.165) is 45.1 Å². The molecule has 0 bridgehead atoms. The van der Waals surface area contributed by atoms with Crippen molar-refractivity contribution in [2.24, 2.45) is 12.0 Å². The molecule has 27 heavy (non-hydrogen) atoms. The van der Waals surface area contributed by atoms with Crippen LogP contribution in [-0.4, -0.2) is 60.4 Å². The molecule has 2 aromatic rings. The minimum Gasteiger partial charge on any atom is -0.368 e. The predicted molar refractivity (Wildman–Crippen MR) is 123 cm³/mol. The summed E-state index contributed by atoms with van der Waals surface area (Å²) in [6.45, 7) is 9.29. The summed E-state index contributed by atoms with van der Waals surface area (Å²) < 4.78 is 1.84. The van der Waals surface area contributed by atoms with Gasteiger partial charge in [-0.3, -0.25) is 9.67 Å². The molecule has 0 atom stereocenters. The molecule has 1 aliphatic rings. The Balaban J connectivity index is 0.00000261. The number of piperazine rings is 1. The number of halogens is 1. The second-order valence-electron chi connectivity index (χ2n) is 6.94. The standard InChI is InChI=1S/C20H30N6.HI/c1-16-6-5-7-19(17(16)2)25-10-12-26(13-11-25)20(21-3)22-9-8-18-14-23-24(4)15-18;/h5-7,14-15H,8-13H2,1-4H3,(H,21,22);1H. The number of nitrogens with zero attached hydrogens (tertiary/aromatic N) is 5. The molecule has 0 radical (unpaired) electrons. The fourth-order valence-corrected chi connectivity index (χ4v) is 3.49. The van der Waals surface area contributed by atoms with Gasteiger partial charge in [0, 0.05) is 58.7 Å². The van der Waals surface area contributed by atoms with Gasteiger partial charge in [-0.05, 0) is 43.0 Å². The van der Waals surface area contributed by atoms with Gasteiger partial charge in [-0.25, -0.2) is 0 Å². The van der Waals surface area contributed by atoms with E-state index in [1.165, 1.54) is 22.4 Å². The topological polar surface area (TPSA) is 48.7 Å². The monoisotopic (exact) mass is 482 g/mol. The molecular weight excluding hydrogens is 451 g/mol. The summed E-state index contributed by atoms with van der Waals surface area (Å²) in [6.07, 6.45) is 4.94. The van der Waals surface area contributed by atoms with Gasteiger partial charge in [0.25, 0.3) is 0 Å². The van der Waals surface area contributed by atoms with Crippen LogP contribution in [0.25, 0.3) is 0 Å². The van der Waals surface area contributed by atoms with Gasteiger partial charge >= 0.3 is 0 Å². The van der Waals surface area contributed by atoms with Gasteiger partial charge in [-0.1, -0.05) is 12.1 Å². The number of aliphatic imine (C=N–C) groups is 1. The van der Waals surface area contributed by atoms with Crippen LogP contribution in [0.1, 0.15) is 16.7 Å². The lowest BCUT2D eigenvalue weighted by molar-refractivity contribution is 0.372. The first-order chi connectivity index (χ1) is 12.6. The Kier molecular flexibility index (Phi) is 7.94. The quantitative estimate of drug-likeness (QED) is 0.414. The van der Waals surface area contributed by atoms with Gasteiger partial charge in [-0.2, -0.15) is 5.10 Å². The highest BCUT2D eigenvalue weighted by atomic mass is 127. The molecule has 1 aromatic carbocycles. The van der Waals surface area contributed by atoms with E-state index in [1.807, 2.05) is 25.0 Å². The average molecular weight is 482 g/mol. The lowest BCUT2D eigenvalue weighted by atomic mass is 10.1. The van der Waals surface area contributed by atoms with Gasteiger partial charge in [0.05, 0.1) is 6.20 Å². The summed E-state index contributed by atoms with van der Waals surface area (Å²) in [6, 6.07) is 6.57. The highest BCUT2D eigenvalue weighted by Gasteiger charge is 2.20. The Hall–Kier alpha value is -1.77. The molecule has 0 saturated carbocycles.